The Morgan fingerprint density at radius 3 is 2.66 bits per heavy atom. The highest BCUT2D eigenvalue weighted by Crippen LogP contribution is 2.32. The van der Waals surface area contributed by atoms with Crippen molar-refractivity contribution in [3.8, 4) is 0 Å². The van der Waals surface area contributed by atoms with Crippen LogP contribution in [0.5, 0.6) is 0 Å². The Morgan fingerprint density at radius 2 is 1.89 bits per heavy atom. The van der Waals surface area contributed by atoms with E-state index in [9.17, 15) is 9.59 Å². The number of rotatable bonds is 8. The Hall–Kier alpha value is -4.31. The molecule has 0 aliphatic heterocycles. The first-order valence-electron chi connectivity index (χ1n) is 10.8. The molecule has 1 atom stereocenters. The predicted molar refractivity (Wildman–Crippen MR) is 129 cm³/mol. The summed E-state index contributed by atoms with van der Waals surface area (Å²) in [5, 5.41) is 12.8. The van der Waals surface area contributed by atoms with Gasteiger partial charge in [0.25, 0.3) is 0 Å². The van der Waals surface area contributed by atoms with Crippen molar-refractivity contribution >= 4 is 39.9 Å². The molecule has 35 heavy (non-hydrogen) atoms. The predicted octanol–water partition coefficient (Wildman–Crippen LogP) is 4.32. The average Bonchev–Trinajstić information content (AvgIpc) is 3.64. The van der Waals surface area contributed by atoms with Crippen molar-refractivity contribution in [1.29, 1.82) is 0 Å². The number of anilines is 1. The van der Waals surface area contributed by atoms with Gasteiger partial charge in [-0.25, -0.2) is 9.07 Å². The quantitative estimate of drug-likeness (QED) is 0.351. The summed E-state index contributed by atoms with van der Waals surface area (Å²) in [6.45, 7) is -0.108. The molecule has 0 unspecified atom stereocenters. The van der Waals surface area contributed by atoms with Crippen molar-refractivity contribution in [3.63, 3.8) is 0 Å². The van der Waals surface area contributed by atoms with Crippen molar-refractivity contribution in [3.05, 3.63) is 101 Å². The van der Waals surface area contributed by atoms with Crippen molar-refractivity contribution in [2.45, 2.75) is 19.1 Å². The minimum atomic E-state index is -1.11. The van der Waals surface area contributed by atoms with Crippen LogP contribution in [0.15, 0.2) is 88.9 Å². The van der Waals surface area contributed by atoms with E-state index in [1.807, 2.05) is 12.1 Å². The van der Waals surface area contributed by atoms with Gasteiger partial charge in [0, 0.05) is 4.88 Å². The third-order valence-corrected chi connectivity index (χ3v) is 6.35. The molecule has 3 heterocycles. The number of hydrogen-bond donors (Lipinski definition) is 1. The van der Waals surface area contributed by atoms with Crippen molar-refractivity contribution in [1.82, 2.24) is 20.3 Å². The highest BCUT2D eigenvalue weighted by Gasteiger charge is 2.35. The van der Waals surface area contributed by atoms with Crippen molar-refractivity contribution < 1.29 is 18.4 Å². The Labute approximate surface area is 203 Å². The van der Waals surface area contributed by atoms with E-state index < -0.39 is 23.7 Å². The lowest BCUT2D eigenvalue weighted by atomic mass is 10.1. The van der Waals surface area contributed by atoms with E-state index in [0.29, 0.717) is 21.7 Å². The van der Waals surface area contributed by atoms with Gasteiger partial charge in [0.2, 0.25) is 11.8 Å². The summed E-state index contributed by atoms with van der Waals surface area (Å²) in [4.78, 5) is 29.0. The van der Waals surface area contributed by atoms with Crippen LogP contribution in [0.4, 0.5) is 10.1 Å². The molecule has 8 nitrogen and oxygen atoms in total. The molecule has 5 rings (SSSR count). The number of amides is 2. The molecule has 0 bridgehead atoms. The molecule has 2 aromatic carbocycles. The molecule has 1 N–H and O–H groups in total. The van der Waals surface area contributed by atoms with Gasteiger partial charge in [-0.1, -0.05) is 35.5 Å². The topological polar surface area (TPSA) is 93.3 Å². The van der Waals surface area contributed by atoms with Gasteiger partial charge < -0.3 is 9.73 Å². The zero-order valence-electron chi connectivity index (χ0n) is 18.4. The van der Waals surface area contributed by atoms with Gasteiger partial charge in [-0.15, -0.1) is 16.4 Å². The summed E-state index contributed by atoms with van der Waals surface area (Å²) < 4.78 is 21.8. The van der Waals surface area contributed by atoms with Crippen LogP contribution in [-0.4, -0.2) is 26.8 Å². The normalized spacial score (nSPS) is 11.9. The Bertz CT molecular complexity index is 1450. The average molecular weight is 490 g/mol. The number of carbonyl (C=O) groups excluding carboxylic acids is 2. The first kappa shape index (κ1) is 22.5. The zero-order valence-corrected chi connectivity index (χ0v) is 19.2. The van der Waals surface area contributed by atoms with Gasteiger partial charge in [0.1, 0.15) is 29.7 Å². The fraction of sp³-hybridized carbons (Fsp3) is 0.120. The van der Waals surface area contributed by atoms with Gasteiger partial charge >= 0.3 is 0 Å². The second-order valence-corrected chi connectivity index (χ2v) is 8.65. The van der Waals surface area contributed by atoms with Gasteiger partial charge in [-0.2, -0.15) is 0 Å². The molecule has 0 radical (unpaired) electrons. The lowest BCUT2D eigenvalue weighted by Crippen LogP contribution is -2.45. The molecular weight excluding hydrogens is 469 g/mol. The number of nitrogens with zero attached hydrogens (tertiary/aromatic N) is 4. The second kappa shape index (κ2) is 9.90. The SMILES string of the molecule is O=C(NCc1ccco1)[C@@H](c1cccs1)N(C(=O)Cn1nnc2ccccc21)c1ccccc1F. The summed E-state index contributed by atoms with van der Waals surface area (Å²) in [6, 6.07) is 19.0. The molecule has 2 amide bonds. The van der Waals surface area contributed by atoms with E-state index in [2.05, 4.69) is 15.6 Å². The molecule has 0 spiro atoms. The third-order valence-electron chi connectivity index (χ3n) is 5.42. The van der Waals surface area contributed by atoms with Crippen molar-refractivity contribution in [2.75, 3.05) is 4.90 Å². The van der Waals surface area contributed by atoms with E-state index >= 15 is 4.39 Å². The molecule has 3 aromatic heterocycles. The van der Waals surface area contributed by atoms with Crippen LogP contribution >= 0.6 is 11.3 Å². The monoisotopic (exact) mass is 489 g/mol. The number of aromatic nitrogens is 3. The lowest BCUT2D eigenvalue weighted by molar-refractivity contribution is -0.127. The van der Waals surface area contributed by atoms with Gasteiger partial charge in [0.15, 0.2) is 0 Å². The van der Waals surface area contributed by atoms with Crippen LogP contribution in [0.3, 0.4) is 0 Å². The fourth-order valence-electron chi connectivity index (χ4n) is 3.81. The van der Waals surface area contributed by atoms with Gasteiger partial charge in [0.05, 0.1) is 24.0 Å². The van der Waals surface area contributed by atoms with Crippen LogP contribution in [-0.2, 0) is 22.7 Å². The van der Waals surface area contributed by atoms with Crippen molar-refractivity contribution in [2.24, 2.45) is 0 Å². The molecule has 10 heteroatoms. The second-order valence-electron chi connectivity index (χ2n) is 7.67. The third kappa shape index (κ3) is 4.69. The highest BCUT2D eigenvalue weighted by molar-refractivity contribution is 7.10. The summed E-state index contributed by atoms with van der Waals surface area (Å²) in [5.74, 6) is -1.05. The molecule has 0 fully saturated rings. The van der Waals surface area contributed by atoms with E-state index in [4.69, 9.17) is 4.42 Å². The minimum absolute atomic E-state index is 0.00605. The van der Waals surface area contributed by atoms with Crippen LogP contribution in [0.2, 0.25) is 0 Å². The van der Waals surface area contributed by atoms with E-state index in [0.717, 1.165) is 0 Å². The van der Waals surface area contributed by atoms with Gasteiger partial charge in [-0.3, -0.25) is 14.5 Å². The number of fused-ring (bicyclic) bond motifs is 1. The van der Waals surface area contributed by atoms with Crippen LogP contribution in [0.1, 0.15) is 16.7 Å². The van der Waals surface area contributed by atoms with Crippen LogP contribution in [0, 0.1) is 5.82 Å². The van der Waals surface area contributed by atoms with E-state index in [-0.39, 0.29) is 18.8 Å². The summed E-state index contributed by atoms with van der Waals surface area (Å²) in [7, 11) is 0. The van der Waals surface area contributed by atoms with E-state index in [1.54, 1.807) is 47.8 Å². The molecule has 5 aromatic rings. The standard InChI is InChI=1S/C25H20FN5O3S/c26-18-8-1-3-10-20(18)31(23(32)16-30-21-11-4-2-9-19(21)28-29-30)24(22-12-6-14-35-22)25(33)27-15-17-7-5-13-34-17/h1-14,24H,15-16H2,(H,27,33)/t24-/m1/s1. The Morgan fingerprint density at radius 1 is 1.06 bits per heavy atom. The number of nitrogens with one attached hydrogen (secondary N) is 1. The Kier molecular flexibility index (Phi) is 6.36. The number of benzene rings is 2. The maximum atomic E-state index is 15.0. The largest absolute Gasteiger partial charge is 0.467 e. The first-order valence-corrected chi connectivity index (χ1v) is 11.7. The number of carbonyl (C=O) groups is 2. The van der Waals surface area contributed by atoms with Gasteiger partial charge in [-0.05, 0) is 47.8 Å². The lowest BCUT2D eigenvalue weighted by Gasteiger charge is -2.30. The maximum Gasteiger partial charge on any atom is 0.249 e. The molecule has 0 aliphatic carbocycles. The highest BCUT2D eigenvalue weighted by atomic mass is 32.1. The Balaban J connectivity index is 1.53. The number of thiophene rings is 1. The minimum Gasteiger partial charge on any atom is -0.467 e. The van der Waals surface area contributed by atoms with E-state index in [1.165, 1.54) is 45.4 Å². The summed E-state index contributed by atoms with van der Waals surface area (Å²) in [5.41, 5.74) is 1.28. The van der Waals surface area contributed by atoms with Crippen LogP contribution < -0.4 is 10.2 Å². The molecule has 0 saturated heterocycles. The fourth-order valence-corrected chi connectivity index (χ4v) is 4.62. The zero-order chi connectivity index (χ0) is 24.2. The molecular formula is C25H20FN5O3S. The number of furan rings is 1. The smallest absolute Gasteiger partial charge is 0.249 e. The number of halogens is 1. The molecule has 176 valence electrons. The number of para-hydroxylation sites is 2. The van der Waals surface area contributed by atoms with Crippen LogP contribution in [0.25, 0.3) is 11.0 Å². The molecule has 0 aliphatic rings. The summed E-state index contributed by atoms with van der Waals surface area (Å²) in [6.07, 6.45) is 1.51. The summed E-state index contributed by atoms with van der Waals surface area (Å²) >= 11 is 1.30. The maximum absolute atomic E-state index is 15.0. The first-order chi connectivity index (χ1) is 17.1. The molecule has 0 saturated carbocycles. The number of hydrogen-bond acceptors (Lipinski definition) is 6.